The average Bonchev–Trinajstić information content (AvgIpc) is 3.04. The molecule has 1 aromatic heterocycles. The number of nitrogens with one attached hydrogen (secondary N) is 2. The number of amides is 1. The first kappa shape index (κ1) is 26.6. The van der Waals surface area contributed by atoms with Crippen LogP contribution in [0, 0.1) is 0 Å². The summed E-state index contributed by atoms with van der Waals surface area (Å²) in [5.74, 6) is 0.936. The van der Waals surface area contributed by atoms with Gasteiger partial charge in [-0.3, -0.25) is 4.79 Å². The Morgan fingerprint density at radius 3 is 2.56 bits per heavy atom. The number of ether oxygens (including phenoxy) is 1. The van der Waals surface area contributed by atoms with E-state index in [1.165, 1.54) is 4.90 Å². The van der Waals surface area contributed by atoms with Crippen molar-refractivity contribution < 1.29 is 9.53 Å². The zero-order valence-electron chi connectivity index (χ0n) is 20.8. The van der Waals surface area contributed by atoms with Gasteiger partial charge in [-0.15, -0.1) is 0 Å². The van der Waals surface area contributed by atoms with Crippen LogP contribution in [-0.4, -0.2) is 34.9 Å². The third-order valence-corrected chi connectivity index (χ3v) is 6.84. The minimum absolute atomic E-state index is 0.174. The van der Waals surface area contributed by atoms with Crippen molar-refractivity contribution >= 4 is 63.7 Å². The van der Waals surface area contributed by atoms with Gasteiger partial charge >= 0.3 is 0 Å². The van der Waals surface area contributed by atoms with Crippen LogP contribution in [0.25, 0.3) is 0 Å². The lowest BCUT2D eigenvalue weighted by Crippen LogP contribution is -2.47. The summed E-state index contributed by atoms with van der Waals surface area (Å²) in [6, 6.07) is 25.8. The van der Waals surface area contributed by atoms with E-state index in [4.69, 9.17) is 45.1 Å². The summed E-state index contributed by atoms with van der Waals surface area (Å²) in [5.41, 5.74) is 3.31. The Kier molecular flexibility index (Phi) is 8.07. The number of anilines is 2. The topological polar surface area (TPSA) is 78.9 Å². The molecule has 0 saturated heterocycles. The van der Waals surface area contributed by atoms with Gasteiger partial charge < -0.3 is 20.3 Å². The van der Waals surface area contributed by atoms with Crippen molar-refractivity contribution in [2.75, 3.05) is 17.3 Å². The predicted octanol–water partition coefficient (Wildman–Crippen LogP) is 6.09. The van der Waals surface area contributed by atoms with Gasteiger partial charge in [-0.25, -0.2) is 9.98 Å². The normalized spacial score (nSPS) is 14.6. The molecule has 7 nitrogen and oxygen atoms in total. The minimum atomic E-state index is -1.04. The first-order valence-corrected chi connectivity index (χ1v) is 13.2. The van der Waals surface area contributed by atoms with E-state index in [0.29, 0.717) is 38.4 Å². The van der Waals surface area contributed by atoms with Crippen LogP contribution in [-0.2, 0) is 11.4 Å². The van der Waals surface area contributed by atoms with Gasteiger partial charge in [0.05, 0.1) is 11.4 Å². The summed E-state index contributed by atoms with van der Waals surface area (Å²) in [7, 11) is 1.68. The highest BCUT2D eigenvalue weighted by Crippen LogP contribution is 2.32. The first-order chi connectivity index (χ1) is 18.9. The van der Waals surface area contributed by atoms with E-state index in [-0.39, 0.29) is 17.6 Å². The maximum absolute atomic E-state index is 13.5. The Labute approximate surface area is 241 Å². The summed E-state index contributed by atoms with van der Waals surface area (Å²) in [5, 5.41) is 7.31. The van der Waals surface area contributed by atoms with Gasteiger partial charge in [0, 0.05) is 40.0 Å². The quantitative estimate of drug-likeness (QED) is 0.271. The molecule has 1 atom stereocenters. The number of hydrogen-bond donors (Lipinski definition) is 2. The van der Waals surface area contributed by atoms with Gasteiger partial charge in [0.1, 0.15) is 18.2 Å². The van der Waals surface area contributed by atoms with Gasteiger partial charge in [-0.1, -0.05) is 65.7 Å². The number of halogens is 2. The number of aliphatic imine (C=N–C) groups is 1. The summed E-state index contributed by atoms with van der Waals surface area (Å²) in [4.78, 5) is 24.3. The standard InChI is InChI=1S/C29H23Cl2N5O2S/c1-36-24-14-13-19(30)16-22(24)25(21-11-5-6-12-23(21)31)33-27(28(36)37)35-29(39)34-26-18(8-7-15-32-26)17-38-20-9-3-2-4-10-20/h2-16,27H,17H2,1H3,(H2,32,34,35,39). The zero-order valence-corrected chi connectivity index (χ0v) is 23.1. The molecular weight excluding hydrogens is 553 g/mol. The molecule has 39 heavy (non-hydrogen) atoms. The van der Waals surface area contributed by atoms with E-state index in [2.05, 4.69) is 15.6 Å². The Morgan fingerprint density at radius 1 is 1.00 bits per heavy atom. The molecule has 0 bridgehead atoms. The summed E-state index contributed by atoms with van der Waals surface area (Å²) >= 11 is 18.5. The molecule has 2 heterocycles. The molecule has 10 heteroatoms. The summed E-state index contributed by atoms with van der Waals surface area (Å²) < 4.78 is 5.88. The minimum Gasteiger partial charge on any atom is -0.489 e. The molecule has 0 radical (unpaired) electrons. The second-order valence-corrected chi connectivity index (χ2v) is 9.88. The Balaban J connectivity index is 1.42. The molecule has 1 unspecified atom stereocenters. The van der Waals surface area contributed by atoms with Gasteiger partial charge in [0.25, 0.3) is 5.91 Å². The van der Waals surface area contributed by atoms with Crippen molar-refractivity contribution in [3.05, 3.63) is 118 Å². The molecule has 4 aromatic rings. The smallest absolute Gasteiger partial charge is 0.272 e. The molecule has 1 aliphatic rings. The SMILES string of the molecule is CN1C(=O)C(NC(=S)Nc2ncccc2COc2ccccc2)N=C(c2ccccc2Cl)c2cc(Cl)ccc21. The van der Waals surface area contributed by atoms with E-state index in [0.717, 1.165) is 11.3 Å². The molecule has 1 amide bonds. The van der Waals surface area contributed by atoms with Crippen molar-refractivity contribution in [2.24, 2.45) is 4.99 Å². The van der Waals surface area contributed by atoms with Crippen molar-refractivity contribution in [2.45, 2.75) is 12.8 Å². The van der Waals surface area contributed by atoms with E-state index in [9.17, 15) is 4.79 Å². The molecular formula is C29H23Cl2N5O2S. The number of thiocarbonyl (C=S) groups is 1. The molecule has 0 fully saturated rings. The van der Waals surface area contributed by atoms with Crippen LogP contribution in [0.4, 0.5) is 11.5 Å². The lowest BCUT2D eigenvalue weighted by atomic mass is 10.00. The van der Waals surface area contributed by atoms with Crippen LogP contribution in [0.15, 0.2) is 96.1 Å². The van der Waals surface area contributed by atoms with Crippen LogP contribution < -0.4 is 20.3 Å². The number of rotatable bonds is 6. The van der Waals surface area contributed by atoms with Gasteiger partial charge in [-0.2, -0.15) is 0 Å². The number of para-hydroxylation sites is 1. The molecule has 5 rings (SSSR count). The van der Waals surface area contributed by atoms with E-state index >= 15 is 0 Å². The fraction of sp³-hybridized carbons (Fsp3) is 0.103. The van der Waals surface area contributed by atoms with E-state index in [1.54, 1.807) is 37.5 Å². The molecule has 3 aromatic carbocycles. The number of fused-ring (bicyclic) bond motifs is 1. The molecule has 0 spiro atoms. The third-order valence-electron chi connectivity index (χ3n) is 6.06. The Hall–Kier alpha value is -3.98. The largest absolute Gasteiger partial charge is 0.489 e. The Morgan fingerprint density at radius 2 is 1.77 bits per heavy atom. The number of benzene rings is 3. The number of hydrogen-bond acceptors (Lipinski definition) is 5. The van der Waals surface area contributed by atoms with Crippen LogP contribution in [0.1, 0.15) is 16.7 Å². The fourth-order valence-electron chi connectivity index (χ4n) is 4.12. The number of aromatic nitrogens is 1. The van der Waals surface area contributed by atoms with Crippen LogP contribution in [0.2, 0.25) is 10.0 Å². The van der Waals surface area contributed by atoms with Gasteiger partial charge in [0.15, 0.2) is 5.11 Å². The fourth-order valence-corrected chi connectivity index (χ4v) is 4.73. The molecule has 196 valence electrons. The number of carbonyl (C=O) groups excluding carboxylic acids is 1. The second kappa shape index (κ2) is 11.8. The molecule has 1 aliphatic heterocycles. The number of nitrogens with zero attached hydrogens (tertiary/aromatic N) is 3. The highest BCUT2D eigenvalue weighted by Gasteiger charge is 2.31. The van der Waals surface area contributed by atoms with Crippen molar-refractivity contribution in [3.63, 3.8) is 0 Å². The van der Waals surface area contributed by atoms with Crippen LogP contribution in [0.5, 0.6) is 5.75 Å². The number of carbonyl (C=O) groups is 1. The van der Waals surface area contributed by atoms with Gasteiger partial charge in [0.2, 0.25) is 6.17 Å². The van der Waals surface area contributed by atoms with Crippen molar-refractivity contribution in [3.8, 4) is 5.75 Å². The first-order valence-electron chi connectivity index (χ1n) is 12.0. The monoisotopic (exact) mass is 575 g/mol. The number of pyridine rings is 1. The second-order valence-electron chi connectivity index (χ2n) is 8.63. The summed E-state index contributed by atoms with van der Waals surface area (Å²) in [6.07, 6.45) is 0.607. The maximum Gasteiger partial charge on any atom is 0.272 e. The highest BCUT2D eigenvalue weighted by atomic mass is 35.5. The maximum atomic E-state index is 13.5. The van der Waals surface area contributed by atoms with E-state index in [1.807, 2.05) is 60.7 Å². The molecule has 0 saturated carbocycles. The lowest BCUT2D eigenvalue weighted by Gasteiger charge is -2.22. The Bertz CT molecular complexity index is 1560. The van der Waals surface area contributed by atoms with Crippen LogP contribution >= 0.6 is 35.4 Å². The van der Waals surface area contributed by atoms with Crippen LogP contribution in [0.3, 0.4) is 0 Å². The average molecular weight is 577 g/mol. The summed E-state index contributed by atoms with van der Waals surface area (Å²) in [6.45, 7) is 0.277. The zero-order chi connectivity index (χ0) is 27.4. The highest BCUT2D eigenvalue weighted by molar-refractivity contribution is 7.80. The molecule has 0 aliphatic carbocycles. The number of benzodiazepines with no additional fused rings is 1. The number of likely N-dealkylation sites (N-methyl/N-ethyl adjacent to an activating group) is 1. The van der Waals surface area contributed by atoms with E-state index < -0.39 is 6.17 Å². The third kappa shape index (κ3) is 6.04. The van der Waals surface area contributed by atoms with Gasteiger partial charge in [-0.05, 0) is 54.7 Å². The van der Waals surface area contributed by atoms with Crippen molar-refractivity contribution in [1.29, 1.82) is 0 Å². The predicted molar refractivity (Wildman–Crippen MR) is 160 cm³/mol. The van der Waals surface area contributed by atoms with Crippen molar-refractivity contribution in [1.82, 2.24) is 10.3 Å². The lowest BCUT2D eigenvalue weighted by molar-refractivity contribution is -0.119. The molecule has 2 N–H and O–H groups in total.